The highest BCUT2D eigenvalue weighted by atomic mass is 79.9. The SMILES string of the molecule is OC(CNC1=NCCCN1)COc1ccccc1Br. The normalized spacial score (nSPS) is 16.2. The molecule has 6 heteroatoms. The Morgan fingerprint density at radius 2 is 2.32 bits per heavy atom. The summed E-state index contributed by atoms with van der Waals surface area (Å²) in [5, 5.41) is 16.1. The molecule has 0 saturated heterocycles. The number of ether oxygens (including phenoxy) is 1. The molecule has 1 heterocycles. The second-order valence-electron chi connectivity index (χ2n) is 4.29. The maximum atomic E-state index is 9.85. The van der Waals surface area contributed by atoms with E-state index in [2.05, 4.69) is 31.6 Å². The molecule has 1 atom stereocenters. The number of hydrogen-bond donors (Lipinski definition) is 3. The van der Waals surface area contributed by atoms with Crippen LogP contribution in [-0.2, 0) is 0 Å². The van der Waals surface area contributed by atoms with Gasteiger partial charge >= 0.3 is 0 Å². The molecule has 2 rings (SSSR count). The highest BCUT2D eigenvalue weighted by Crippen LogP contribution is 2.23. The van der Waals surface area contributed by atoms with Crippen LogP contribution in [-0.4, -0.2) is 43.4 Å². The van der Waals surface area contributed by atoms with Crippen molar-refractivity contribution in [2.75, 3.05) is 26.2 Å². The van der Waals surface area contributed by atoms with Crippen molar-refractivity contribution in [2.45, 2.75) is 12.5 Å². The maximum absolute atomic E-state index is 9.85. The minimum absolute atomic E-state index is 0.239. The number of nitrogens with one attached hydrogen (secondary N) is 2. The van der Waals surface area contributed by atoms with E-state index in [1.54, 1.807) is 0 Å². The van der Waals surface area contributed by atoms with Crippen LogP contribution < -0.4 is 15.4 Å². The first-order valence-electron chi connectivity index (χ1n) is 6.33. The van der Waals surface area contributed by atoms with Crippen LogP contribution in [0.2, 0.25) is 0 Å². The standard InChI is InChI=1S/C13H18BrN3O2/c14-11-4-1-2-5-12(11)19-9-10(18)8-17-13-15-6-3-7-16-13/h1-2,4-5,10,18H,3,6-9H2,(H2,15,16,17). The Morgan fingerprint density at radius 1 is 1.47 bits per heavy atom. The Bertz CT molecular complexity index is 440. The van der Waals surface area contributed by atoms with Crippen molar-refractivity contribution in [3.05, 3.63) is 28.7 Å². The second kappa shape index (κ2) is 7.35. The third kappa shape index (κ3) is 4.72. The molecule has 0 amide bonds. The highest BCUT2D eigenvalue weighted by molar-refractivity contribution is 9.10. The Labute approximate surface area is 121 Å². The summed E-state index contributed by atoms with van der Waals surface area (Å²) >= 11 is 3.40. The Morgan fingerprint density at radius 3 is 3.05 bits per heavy atom. The first kappa shape index (κ1) is 14.1. The quantitative estimate of drug-likeness (QED) is 0.758. The smallest absolute Gasteiger partial charge is 0.191 e. The molecule has 1 unspecified atom stereocenters. The van der Waals surface area contributed by atoms with E-state index in [-0.39, 0.29) is 6.61 Å². The van der Waals surface area contributed by atoms with E-state index in [1.807, 2.05) is 24.3 Å². The lowest BCUT2D eigenvalue weighted by Crippen LogP contribution is -2.44. The zero-order valence-electron chi connectivity index (χ0n) is 10.6. The number of halogens is 1. The average Bonchev–Trinajstić information content (AvgIpc) is 2.45. The number of aliphatic imine (C=N–C) groups is 1. The number of rotatable bonds is 5. The Kier molecular flexibility index (Phi) is 5.47. The molecule has 3 N–H and O–H groups in total. The summed E-state index contributed by atoms with van der Waals surface area (Å²) in [5.41, 5.74) is 0. The first-order chi connectivity index (χ1) is 9.25. The van der Waals surface area contributed by atoms with Gasteiger partial charge in [-0.25, -0.2) is 0 Å². The van der Waals surface area contributed by atoms with E-state index >= 15 is 0 Å². The van der Waals surface area contributed by atoms with E-state index in [0.29, 0.717) is 6.54 Å². The highest BCUT2D eigenvalue weighted by Gasteiger charge is 2.09. The third-order valence-electron chi connectivity index (χ3n) is 2.67. The first-order valence-corrected chi connectivity index (χ1v) is 7.12. The fraction of sp³-hybridized carbons (Fsp3) is 0.462. The van der Waals surface area contributed by atoms with Gasteiger partial charge < -0.3 is 20.5 Å². The van der Waals surface area contributed by atoms with Gasteiger partial charge in [-0.1, -0.05) is 12.1 Å². The summed E-state index contributed by atoms with van der Waals surface area (Å²) in [4.78, 5) is 4.27. The Balaban J connectivity index is 1.71. The zero-order chi connectivity index (χ0) is 13.5. The van der Waals surface area contributed by atoms with Gasteiger partial charge in [-0.3, -0.25) is 4.99 Å². The van der Waals surface area contributed by atoms with Crippen LogP contribution in [0.25, 0.3) is 0 Å². The molecular weight excluding hydrogens is 310 g/mol. The molecule has 0 fully saturated rings. The second-order valence-corrected chi connectivity index (χ2v) is 5.14. The van der Waals surface area contributed by atoms with Crippen molar-refractivity contribution in [1.82, 2.24) is 10.6 Å². The van der Waals surface area contributed by atoms with Crippen molar-refractivity contribution in [3.8, 4) is 5.75 Å². The largest absolute Gasteiger partial charge is 0.490 e. The number of nitrogens with zero attached hydrogens (tertiary/aromatic N) is 1. The summed E-state index contributed by atoms with van der Waals surface area (Å²) in [5.74, 6) is 1.49. The molecule has 1 aliphatic rings. The minimum atomic E-state index is -0.585. The molecule has 1 aromatic rings. The van der Waals surface area contributed by atoms with Gasteiger partial charge in [-0.05, 0) is 34.5 Å². The number of guanidine groups is 1. The van der Waals surface area contributed by atoms with E-state index in [9.17, 15) is 5.11 Å². The van der Waals surface area contributed by atoms with Crippen LogP contribution in [0.1, 0.15) is 6.42 Å². The lowest BCUT2D eigenvalue weighted by molar-refractivity contribution is 0.110. The van der Waals surface area contributed by atoms with Crippen LogP contribution in [0.5, 0.6) is 5.75 Å². The molecule has 0 saturated carbocycles. The van der Waals surface area contributed by atoms with Crippen molar-refractivity contribution in [2.24, 2.45) is 4.99 Å². The minimum Gasteiger partial charge on any atom is -0.490 e. The molecule has 1 aliphatic heterocycles. The Hall–Kier alpha value is -1.27. The zero-order valence-corrected chi connectivity index (χ0v) is 12.2. The topological polar surface area (TPSA) is 65.9 Å². The lowest BCUT2D eigenvalue weighted by atomic mass is 10.3. The van der Waals surface area contributed by atoms with E-state index in [0.717, 1.165) is 35.7 Å². The number of para-hydroxylation sites is 1. The van der Waals surface area contributed by atoms with Gasteiger partial charge in [0.25, 0.3) is 0 Å². The molecule has 0 aromatic heterocycles. The number of benzene rings is 1. The van der Waals surface area contributed by atoms with Crippen molar-refractivity contribution in [1.29, 1.82) is 0 Å². The van der Waals surface area contributed by atoms with Crippen LogP contribution in [0.15, 0.2) is 33.7 Å². The predicted octanol–water partition coefficient (Wildman–Crippen LogP) is 1.13. The van der Waals surface area contributed by atoms with Crippen LogP contribution in [0.4, 0.5) is 0 Å². The van der Waals surface area contributed by atoms with Gasteiger partial charge in [0.2, 0.25) is 0 Å². The summed E-state index contributed by atoms with van der Waals surface area (Å²) < 4.78 is 6.42. The number of aliphatic hydroxyl groups is 1. The summed E-state index contributed by atoms with van der Waals surface area (Å²) in [6.45, 7) is 2.41. The molecular formula is C13H18BrN3O2. The van der Waals surface area contributed by atoms with Crippen molar-refractivity contribution < 1.29 is 9.84 Å². The van der Waals surface area contributed by atoms with Crippen LogP contribution >= 0.6 is 15.9 Å². The van der Waals surface area contributed by atoms with E-state index in [4.69, 9.17) is 4.74 Å². The van der Waals surface area contributed by atoms with Gasteiger partial charge in [0, 0.05) is 19.6 Å². The van der Waals surface area contributed by atoms with Crippen molar-refractivity contribution >= 4 is 21.9 Å². The van der Waals surface area contributed by atoms with Crippen molar-refractivity contribution in [3.63, 3.8) is 0 Å². The maximum Gasteiger partial charge on any atom is 0.191 e. The summed E-state index contributed by atoms with van der Waals surface area (Å²) in [7, 11) is 0. The molecule has 0 bridgehead atoms. The fourth-order valence-electron chi connectivity index (χ4n) is 1.67. The molecule has 0 spiro atoms. The monoisotopic (exact) mass is 327 g/mol. The van der Waals surface area contributed by atoms with Gasteiger partial charge in [-0.2, -0.15) is 0 Å². The molecule has 5 nitrogen and oxygen atoms in total. The van der Waals surface area contributed by atoms with Gasteiger partial charge in [0.1, 0.15) is 18.5 Å². The molecule has 1 aromatic carbocycles. The van der Waals surface area contributed by atoms with Crippen LogP contribution in [0.3, 0.4) is 0 Å². The fourth-order valence-corrected chi connectivity index (χ4v) is 2.07. The number of aliphatic hydroxyl groups excluding tert-OH is 1. The van der Waals surface area contributed by atoms with E-state index < -0.39 is 6.10 Å². The molecule has 0 aliphatic carbocycles. The van der Waals surface area contributed by atoms with Gasteiger partial charge in [0.15, 0.2) is 5.96 Å². The summed E-state index contributed by atoms with van der Waals surface area (Å²) in [6, 6.07) is 7.57. The summed E-state index contributed by atoms with van der Waals surface area (Å²) in [6.07, 6.45) is 0.470. The molecule has 19 heavy (non-hydrogen) atoms. The van der Waals surface area contributed by atoms with Crippen LogP contribution in [0, 0.1) is 0 Å². The molecule has 0 radical (unpaired) electrons. The third-order valence-corrected chi connectivity index (χ3v) is 3.33. The molecule has 104 valence electrons. The van der Waals surface area contributed by atoms with E-state index in [1.165, 1.54) is 0 Å². The number of hydrogen-bond acceptors (Lipinski definition) is 5. The lowest BCUT2D eigenvalue weighted by Gasteiger charge is -2.18. The predicted molar refractivity (Wildman–Crippen MR) is 78.6 cm³/mol. The van der Waals surface area contributed by atoms with Gasteiger partial charge in [0.05, 0.1) is 4.47 Å². The average molecular weight is 328 g/mol. The van der Waals surface area contributed by atoms with Gasteiger partial charge in [-0.15, -0.1) is 0 Å².